The Hall–Kier alpha value is -0.870. The number of halogens is 1. The van der Waals surface area contributed by atoms with E-state index in [9.17, 15) is 0 Å². The highest BCUT2D eigenvalue weighted by molar-refractivity contribution is 9.10. The first-order valence-corrected chi connectivity index (χ1v) is 7.83. The van der Waals surface area contributed by atoms with Gasteiger partial charge in [-0.3, -0.25) is 0 Å². The topological polar surface area (TPSA) is 29.9 Å². The molecule has 2 rings (SSSR count). The van der Waals surface area contributed by atoms with Crippen LogP contribution < -0.4 is 5.32 Å². The maximum Gasteiger partial charge on any atom is 0.113 e. The highest BCUT2D eigenvalue weighted by Gasteiger charge is 2.15. The molecule has 0 spiro atoms. The molecule has 19 heavy (non-hydrogen) atoms. The van der Waals surface area contributed by atoms with Gasteiger partial charge >= 0.3 is 0 Å². The summed E-state index contributed by atoms with van der Waals surface area (Å²) in [7, 11) is 0. The van der Waals surface area contributed by atoms with Crippen molar-refractivity contribution in [2.75, 3.05) is 13.1 Å². The highest BCUT2D eigenvalue weighted by Crippen LogP contribution is 2.25. The summed E-state index contributed by atoms with van der Waals surface area (Å²) in [6, 6.07) is 6.35. The number of hydrogen-bond acceptors (Lipinski definition) is 2. The number of likely N-dealkylation sites (N-methyl/N-ethyl adjacent to an activating group) is 1. The zero-order valence-electron chi connectivity index (χ0n) is 11.9. The first kappa shape index (κ1) is 14.5. The fourth-order valence-electron chi connectivity index (χ4n) is 2.41. The minimum atomic E-state index is 0.428. The van der Waals surface area contributed by atoms with Crippen LogP contribution in [-0.2, 0) is 6.54 Å². The Morgan fingerprint density at radius 2 is 2.16 bits per heavy atom. The first-order valence-electron chi connectivity index (χ1n) is 7.03. The lowest BCUT2D eigenvalue weighted by atomic mass is 10.1. The number of rotatable bonds is 6. The molecule has 104 valence electrons. The van der Waals surface area contributed by atoms with Crippen LogP contribution in [0.2, 0.25) is 0 Å². The largest absolute Gasteiger partial charge is 0.328 e. The third-order valence-corrected chi connectivity index (χ3v) is 3.82. The van der Waals surface area contributed by atoms with E-state index in [1.165, 1.54) is 11.3 Å². The van der Waals surface area contributed by atoms with Crippen molar-refractivity contribution >= 4 is 27.0 Å². The van der Waals surface area contributed by atoms with Crippen LogP contribution in [0.5, 0.6) is 0 Å². The van der Waals surface area contributed by atoms with Crippen molar-refractivity contribution in [1.29, 1.82) is 0 Å². The van der Waals surface area contributed by atoms with Crippen LogP contribution in [0.15, 0.2) is 22.7 Å². The van der Waals surface area contributed by atoms with Crippen LogP contribution in [0.1, 0.15) is 38.9 Å². The molecule has 0 saturated heterocycles. The standard InChI is InChI=1S/C15H22BrN3/c1-4-8-19-14-7-6-12(16)9-13(14)18-15(19)11(3)10-17-5-2/h6-7,9,11,17H,4-5,8,10H2,1-3H3. The highest BCUT2D eigenvalue weighted by atomic mass is 79.9. The average Bonchev–Trinajstić information content (AvgIpc) is 2.74. The second kappa shape index (κ2) is 6.53. The van der Waals surface area contributed by atoms with Crippen molar-refractivity contribution in [3.8, 4) is 0 Å². The number of aryl methyl sites for hydroxylation is 1. The summed E-state index contributed by atoms with van der Waals surface area (Å²) in [4.78, 5) is 4.84. The monoisotopic (exact) mass is 323 g/mol. The van der Waals surface area contributed by atoms with Gasteiger partial charge in [-0.15, -0.1) is 0 Å². The molecule has 0 amide bonds. The first-order chi connectivity index (χ1) is 9.17. The molecule has 0 aliphatic carbocycles. The van der Waals surface area contributed by atoms with E-state index in [0.29, 0.717) is 5.92 Å². The van der Waals surface area contributed by atoms with Crippen molar-refractivity contribution in [2.45, 2.75) is 39.7 Å². The Labute approximate surface area is 123 Å². The van der Waals surface area contributed by atoms with Gasteiger partial charge in [0, 0.05) is 23.5 Å². The fraction of sp³-hybridized carbons (Fsp3) is 0.533. The van der Waals surface area contributed by atoms with E-state index < -0.39 is 0 Å². The van der Waals surface area contributed by atoms with E-state index in [1.807, 2.05) is 0 Å². The van der Waals surface area contributed by atoms with Crippen LogP contribution in [-0.4, -0.2) is 22.6 Å². The second-order valence-corrected chi connectivity index (χ2v) is 5.88. The molecule has 1 heterocycles. The minimum Gasteiger partial charge on any atom is -0.328 e. The third kappa shape index (κ3) is 3.18. The van der Waals surface area contributed by atoms with Gasteiger partial charge in [-0.1, -0.05) is 36.7 Å². The number of hydrogen-bond donors (Lipinski definition) is 1. The SMILES string of the molecule is CCCn1c(C(C)CNCC)nc2cc(Br)ccc21. The number of imidazole rings is 1. The van der Waals surface area contributed by atoms with Gasteiger partial charge in [0.05, 0.1) is 11.0 Å². The zero-order valence-corrected chi connectivity index (χ0v) is 13.5. The quantitative estimate of drug-likeness (QED) is 0.873. The maximum atomic E-state index is 4.84. The predicted molar refractivity (Wildman–Crippen MR) is 84.7 cm³/mol. The van der Waals surface area contributed by atoms with Gasteiger partial charge in [0.25, 0.3) is 0 Å². The van der Waals surface area contributed by atoms with Gasteiger partial charge in [-0.05, 0) is 31.2 Å². The molecule has 0 saturated carbocycles. The van der Waals surface area contributed by atoms with Gasteiger partial charge < -0.3 is 9.88 Å². The van der Waals surface area contributed by atoms with Crippen LogP contribution in [0.3, 0.4) is 0 Å². The number of benzene rings is 1. The number of fused-ring (bicyclic) bond motifs is 1. The maximum absolute atomic E-state index is 4.84. The molecule has 4 heteroatoms. The van der Waals surface area contributed by atoms with Crippen LogP contribution in [0.4, 0.5) is 0 Å². The lowest BCUT2D eigenvalue weighted by Crippen LogP contribution is -2.21. The molecule has 1 unspecified atom stereocenters. The molecule has 0 aliphatic heterocycles. The van der Waals surface area contributed by atoms with E-state index in [4.69, 9.17) is 4.98 Å². The van der Waals surface area contributed by atoms with Crippen LogP contribution in [0.25, 0.3) is 11.0 Å². The van der Waals surface area contributed by atoms with Gasteiger partial charge in [0.15, 0.2) is 0 Å². The van der Waals surface area contributed by atoms with Gasteiger partial charge in [0.1, 0.15) is 5.82 Å². The normalized spacial score (nSPS) is 13.1. The van der Waals surface area contributed by atoms with Crippen molar-refractivity contribution < 1.29 is 0 Å². The Morgan fingerprint density at radius 1 is 1.37 bits per heavy atom. The Kier molecular flexibility index (Phi) is 4.99. The summed E-state index contributed by atoms with van der Waals surface area (Å²) >= 11 is 3.52. The number of nitrogens with one attached hydrogen (secondary N) is 1. The Morgan fingerprint density at radius 3 is 2.84 bits per heavy atom. The summed E-state index contributed by atoms with van der Waals surface area (Å²) in [5.41, 5.74) is 2.32. The molecular formula is C15H22BrN3. The molecule has 1 aromatic heterocycles. The summed E-state index contributed by atoms with van der Waals surface area (Å²) in [6.45, 7) is 9.60. The van der Waals surface area contributed by atoms with E-state index in [-0.39, 0.29) is 0 Å². The van der Waals surface area contributed by atoms with Gasteiger partial charge in [-0.2, -0.15) is 0 Å². The smallest absolute Gasteiger partial charge is 0.113 e. The summed E-state index contributed by atoms with van der Waals surface area (Å²) < 4.78 is 3.45. The molecule has 1 N–H and O–H groups in total. The zero-order chi connectivity index (χ0) is 13.8. The second-order valence-electron chi connectivity index (χ2n) is 4.96. The molecule has 1 aromatic carbocycles. The van der Waals surface area contributed by atoms with E-state index in [0.717, 1.165) is 36.0 Å². The fourth-order valence-corrected chi connectivity index (χ4v) is 2.76. The predicted octanol–water partition coefficient (Wildman–Crippen LogP) is 3.92. The lowest BCUT2D eigenvalue weighted by molar-refractivity contribution is 0.563. The molecule has 2 aromatic rings. The number of nitrogens with zero attached hydrogens (tertiary/aromatic N) is 2. The van der Waals surface area contributed by atoms with Crippen LogP contribution in [0, 0.1) is 0 Å². The summed E-state index contributed by atoms with van der Waals surface area (Å²) in [5.74, 6) is 1.62. The summed E-state index contributed by atoms with van der Waals surface area (Å²) in [6.07, 6.45) is 1.13. The molecule has 0 radical (unpaired) electrons. The minimum absolute atomic E-state index is 0.428. The van der Waals surface area contributed by atoms with Gasteiger partial charge in [-0.25, -0.2) is 4.98 Å². The Bertz CT molecular complexity index is 548. The molecule has 0 aliphatic rings. The van der Waals surface area contributed by atoms with Crippen molar-refractivity contribution in [1.82, 2.24) is 14.9 Å². The molecule has 0 fully saturated rings. The van der Waals surface area contributed by atoms with Crippen molar-refractivity contribution in [2.24, 2.45) is 0 Å². The molecule has 0 bridgehead atoms. The third-order valence-electron chi connectivity index (χ3n) is 3.33. The van der Waals surface area contributed by atoms with E-state index in [1.54, 1.807) is 0 Å². The Balaban J connectivity index is 2.43. The van der Waals surface area contributed by atoms with Crippen molar-refractivity contribution in [3.05, 3.63) is 28.5 Å². The van der Waals surface area contributed by atoms with E-state index >= 15 is 0 Å². The lowest BCUT2D eigenvalue weighted by Gasteiger charge is -2.14. The molecule has 3 nitrogen and oxygen atoms in total. The van der Waals surface area contributed by atoms with Crippen LogP contribution >= 0.6 is 15.9 Å². The van der Waals surface area contributed by atoms with Gasteiger partial charge in [0.2, 0.25) is 0 Å². The molecule has 1 atom stereocenters. The average molecular weight is 324 g/mol. The number of aromatic nitrogens is 2. The molecular weight excluding hydrogens is 302 g/mol. The van der Waals surface area contributed by atoms with E-state index in [2.05, 4.69) is 64.8 Å². The van der Waals surface area contributed by atoms with Crippen molar-refractivity contribution in [3.63, 3.8) is 0 Å². The summed E-state index contributed by atoms with van der Waals surface area (Å²) in [5, 5.41) is 3.41.